The van der Waals surface area contributed by atoms with Gasteiger partial charge in [-0.05, 0) is 31.0 Å². The van der Waals surface area contributed by atoms with Crippen LogP contribution in [0.4, 0.5) is 0 Å². The molecule has 0 aliphatic rings. The molecule has 0 unspecified atom stereocenters. The fraction of sp³-hybridized carbons (Fsp3) is 0.400. The van der Waals surface area contributed by atoms with Crippen molar-refractivity contribution in [2.24, 2.45) is 5.73 Å². The summed E-state index contributed by atoms with van der Waals surface area (Å²) in [6, 6.07) is 4.70. The van der Waals surface area contributed by atoms with Gasteiger partial charge in [0.2, 0.25) is 0 Å². The molecule has 72 valence electrons. The summed E-state index contributed by atoms with van der Waals surface area (Å²) in [5.41, 5.74) is 7.27. The van der Waals surface area contributed by atoms with E-state index in [1.54, 1.807) is 26.0 Å². The summed E-state index contributed by atoms with van der Waals surface area (Å²) < 4.78 is 0. The summed E-state index contributed by atoms with van der Waals surface area (Å²) in [5, 5.41) is 18.7. The van der Waals surface area contributed by atoms with Crippen LogP contribution in [0.2, 0.25) is 0 Å². The zero-order valence-electron chi connectivity index (χ0n) is 7.86. The maximum atomic E-state index is 9.39. The first-order valence-corrected chi connectivity index (χ1v) is 4.26. The highest BCUT2D eigenvalue weighted by Crippen LogP contribution is 2.25. The summed E-state index contributed by atoms with van der Waals surface area (Å²) in [5.74, 6) is 0.216. The molecule has 1 rings (SSSR count). The molecule has 3 nitrogen and oxygen atoms in total. The van der Waals surface area contributed by atoms with Crippen molar-refractivity contribution in [2.45, 2.75) is 26.0 Å². The lowest BCUT2D eigenvalue weighted by Gasteiger charge is -2.17. The number of phenolic OH excluding ortho intramolecular Hbond substituents is 1. The van der Waals surface area contributed by atoms with Gasteiger partial charge in [0.05, 0.1) is 12.1 Å². The summed E-state index contributed by atoms with van der Waals surface area (Å²) in [6.07, 6.45) is -0.611. The monoisotopic (exact) mass is 181 g/mol. The van der Waals surface area contributed by atoms with Crippen LogP contribution in [-0.2, 0) is 0 Å². The third-order valence-electron chi connectivity index (χ3n) is 2.23. The van der Waals surface area contributed by atoms with Gasteiger partial charge in [0, 0.05) is 0 Å². The molecule has 0 saturated heterocycles. The van der Waals surface area contributed by atoms with E-state index >= 15 is 0 Å². The van der Waals surface area contributed by atoms with Crippen molar-refractivity contribution in [3.63, 3.8) is 0 Å². The molecule has 0 aliphatic carbocycles. The number of aromatic hydroxyl groups is 1. The van der Waals surface area contributed by atoms with E-state index in [1.165, 1.54) is 0 Å². The van der Waals surface area contributed by atoms with Crippen molar-refractivity contribution in [1.29, 1.82) is 0 Å². The van der Waals surface area contributed by atoms with Gasteiger partial charge in [-0.1, -0.05) is 12.1 Å². The Bertz CT molecular complexity index is 297. The lowest BCUT2D eigenvalue weighted by atomic mass is 9.98. The molecule has 0 bridgehead atoms. The van der Waals surface area contributed by atoms with E-state index in [2.05, 4.69) is 0 Å². The molecule has 0 radical (unpaired) electrons. The van der Waals surface area contributed by atoms with Crippen molar-refractivity contribution >= 4 is 0 Å². The minimum atomic E-state index is -0.611. The molecule has 0 heterocycles. The molecule has 0 fully saturated rings. The average Bonchev–Trinajstić information content (AvgIpc) is 2.08. The molecule has 0 saturated carbocycles. The molecule has 0 spiro atoms. The van der Waals surface area contributed by atoms with Gasteiger partial charge in [0.15, 0.2) is 0 Å². The van der Waals surface area contributed by atoms with Gasteiger partial charge in [-0.3, -0.25) is 0 Å². The van der Waals surface area contributed by atoms with Crippen LogP contribution in [0.1, 0.15) is 24.1 Å². The average molecular weight is 181 g/mol. The van der Waals surface area contributed by atoms with Crippen LogP contribution >= 0.6 is 0 Å². The minimum absolute atomic E-state index is 0.216. The van der Waals surface area contributed by atoms with Gasteiger partial charge in [-0.15, -0.1) is 0 Å². The highest BCUT2D eigenvalue weighted by atomic mass is 16.3. The standard InChI is InChI=1S/C10H15NO2/c1-6-8(10(11)7(2)12)4-3-5-9(6)13/h3-5,7,10,12-13H,11H2,1-2H3/t7-,10+/m1/s1. The van der Waals surface area contributed by atoms with Gasteiger partial charge in [-0.2, -0.15) is 0 Å². The third kappa shape index (κ3) is 1.99. The van der Waals surface area contributed by atoms with Crippen LogP contribution in [-0.4, -0.2) is 16.3 Å². The number of nitrogens with two attached hydrogens (primary N) is 1. The van der Waals surface area contributed by atoms with E-state index < -0.39 is 12.1 Å². The Balaban J connectivity index is 3.07. The number of rotatable bonds is 2. The molecular weight excluding hydrogens is 166 g/mol. The Kier molecular flexibility index (Phi) is 2.90. The molecule has 0 aromatic heterocycles. The number of hydrogen-bond donors (Lipinski definition) is 3. The van der Waals surface area contributed by atoms with Crippen molar-refractivity contribution in [2.75, 3.05) is 0 Å². The fourth-order valence-corrected chi connectivity index (χ4v) is 1.26. The van der Waals surface area contributed by atoms with Gasteiger partial charge in [0.25, 0.3) is 0 Å². The van der Waals surface area contributed by atoms with E-state index in [9.17, 15) is 10.2 Å². The largest absolute Gasteiger partial charge is 0.508 e. The first-order valence-electron chi connectivity index (χ1n) is 4.26. The topological polar surface area (TPSA) is 66.5 Å². The van der Waals surface area contributed by atoms with Crippen molar-refractivity contribution in [3.05, 3.63) is 29.3 Å². The van der Waals surface area contributed by atoms with E-state index in [-0.39, 0.29) is 5.75 Å². The molecule has 13 heavy (non-hydrogen) atoms. The second kappa shape index (κ2) is 3.77. The molecule has 2 atom stereocenters. The molecule has 3 heteroatoms. The zero-order valence-corrected chi connectivity index (χ0v) is 7.86. The van der Waals surface area contributed by atoms with Crippen LogP contribution in [0.5, 0.6) is 5.75 Å². The molecule has 1 aromatic rings. The summed E-state index contributed by atoms with van der Waals surface area (Å²) >= 11 is 0. The molecular formula is C10H15NO2. The molecule has 0 amide bonds. The van der Waals surface area contributed by atoms with Crippen LogP contribution < -0.4 is 5.73 Å². The molecule has 1 aromatic carbocycles. The summed E-state index contributed by atoms with van der Waals surface area (Å²) in [6.45, 7) is 3.42. The van der Waals surface area contributed by atoms with Crippen molar-refractivity contribution < 1.29 is 10.2 Å². The molecule has 0 aliphatic heterocycles. The number of aliphatic hydroxyl groups excluding tert-OH is 1. The SMILES string of the molecule is Cc1c(O)cccc1[C@@H](N)[C@@H](C)O. The first-order chi connectivity index (χ1) is 6.04. The number of phenols is 1. The quantitative estimate of drug-likeness (QED) is 0.639. The van der Waals surface area contributed by atoms with Gasteiger partial charge in [-0.25, -0.2) is 0 Å². The fourth-order valence-electron chi connectivity index (χ4n) is 1.26. The first kappa shape index (κ1) is 10.0. The predicted molar refractivity (Wildman–Crippen MR) is 51.5 cm³/mol. The highest BCUT2D eigenvalue weighted by Gasteiger charge is 2.15. The number of benzene rings is 1. The van der Waals surface area contributed by atoms with E-state index in [4.69, 9.17) is 5.73 Å². The molecule has 4 N–H and O–H groups in total. The van der Waals surface area contributed by atoms with Crippen LogP contribution in [0.3, 0.4) is 0 Å². The zero-order chi connectivity index (χ0) is 10.0. The van der Waals surface area contributed by atoms with Gasteiger partial charge >= 0.3 is 0 Å². The predicted octanol–water partition coefficient (Wildman–Crippen LogP) is 1.08. The normalized spacial score (nSPS) is 15.4. The van der Waals surface area contributed by atoms with Crippen molar-refractivity contribution in [1.82, 2.24) is 0 Å². The summed E-state index contributed by atoms with van der Waals surface area (Å²) in [4.78, 5) is 0. The van der Waals surface area contributed by atoms with Gasteiger partial charge < -0.3 is 15.9 Å². The van der Waals surface area contributed by atoms with E-state index in [0.717, 1.165) is 11.1 Å². The second-order valence-corrected chi connectivity index (χ2v) is 3.26. The smallest absolute Gasteiger partial charge is 0.118 e. The van der Waals surface area contributed by atoms with Crippen LogP contribution in [0, 0.1) is 6.92 Å². The number of aliphatic hydroxyl groups is 1. The Morgan fingerprint density at radius 3 is 2.54 bits per heavy atom. The third-order valence-corrected chi connectivity index (χ3v) is 2.23. The van der Waals surface area contributed by atoms with Crippen molar-refractivity contribution in [3.8, 4) is 5.75 Å². The van der Waals surface area contributed by atoms with Crippen LogP contribution in [0.15, 0.2) is 18.2 Å². The number of hydrogen-bond acceptors (Lipinski definition) is 3. The van der Waals surface area contributed by atoms with Gasteiger partial charge in [0.1, 0.15) is 5.75 Å². The lowest BCUT2D eigenvalue weighted by molar-refractivity contribution is 0.164. The summed E-state index contributed by atoms with van der Waals surface area (Å²) in [7, 11) is 0. The van der Waals surface area contributed by atoms with E-state index in [0.29, 0.717) is 0 Å². The Morgan fingerprint density at radius 1 is 1.38 bits per heavy atom. The minimum Gasteiger partial charge on any atom is -0.508 e. The second-order valence-electron chi connectivity index (χ2n) is 3.26. The lowest BCUT2D eigenvalue weighted by Crippen LogP contribution is -2.23. The Morgan fingerprint density at radius 2 is 2.00 bits per heavy atom. The van der Waals surface area contributed by atoms with E-state index in [1.807, 2.05) is 6.07 Å². The maximum Gasteiger partial charge on any atom is 0.118 e. The Labute approximate surface area is 77.8 Å². The Hall–Kier alpha value is -1.06. The van der Waals surface area contributed by atoms with Crippen LogP contribution in [0.25, 0.3) is 0 Å². The highest BCUT2D eigenvalue weighted by molar-refractivity contribution is 5.39. The maximum absolute atomic E-state index is 9.39.